The van der Waals surface area contributed by atoms with Crippen molar-refractivity contribution in [3.63, 3.8) is 0 Å². The van der Waals surface area contributed by atoms with E-state index >= 15 is 0 Å². The molecule has 0 radical (unpaired) electrons. The number of anilines is 3. The molecule has 0 spiro atoms. The van der Waals surface area contributed by atoms with Crippen molar-refractivity contribution in [3.05, 3.63) is 71.1 Å². The lowest BCUT2D eigenvalue weighted by Crippen LogP contribution is -2.30. The number of amides is 1. The van der Waals surface area contributed by atoms with E-state index in [2.05, 4.69) is 29.1 Å². The van der Waals surface area contributed by atoms with Crippen molar-refractivity contribution in [1.29, 1.82) is 0 Å². The largest absolute Gasteiger partial charge is 0.489 e. The quantitative estimate of drug-likeness (QED) is 0.655. The lowest BCUT2D eigenvalue weighted by atomic mass is 10.1. The number of hydrogen-bond donors (Lipinski definition) is 1. The van der Waals surface area contributed by atoms with E-state index < -0.39 is 0 Å². The molecule has 0 saturated carbocycles. The number of aromatic nitrogens is 2. The zero-order chi connectivity index (χ0) is 20.4. The molecule has 2 aromatic heterocycles. The van der Waals surface area contributed by atoms with E-state index in [0.717, 1.165) is 11.4 Å². The Morgan fingerprint density at radius 1 is 1.17 bits per heavy atom. The number of nitrogens with zero attached hydrogens (tertiary/aromatic N) is 3. The van der Waals surface area contributed by atoms with Gasteiger partial charge in [-0.25, -0.2) is 4.98 Å². The molecular formula is C22H21ClN4O2. The molecule has 1 aliphatic rings. The van der Waals surface area contributed by atoms with Crippen LogP contribution in [0.3, 0.4) is 0 Å². The molecule has 0 bridgehead atoms. The minimum absolute atomic E-state index is 0.255. The van der Waals surface area contributed by atoms with E-state index in [1.807, 2.05) is 29.2 Å². The van der Waals surface area contributed by atoms with Crippen LogP contribution in [0.2, 0.25) is 5.02 Å². The molecule has 29 heavy (non-hydrogen) atoms. The van der Waals surface area contributed by atoms with Gasteiger partial charge in [0.1, 0.15) is 6.61 Å². The van der Waals surface area contributed by atoms with Gasteiger partial charge in [-0.1, -0.05) is 31.5 Å². The zero-order valence-electron chi connectivity index (χ0n) is 16.2. The van der Waals surface area contributed by atoms with E-state index in [1.165, 1.54) is 0 Å². The molecule has 1 amide bonds. The number of carbonyl (C=O) groups excluding carboxylic acids is 1. The number of benzene rings is 1. The minimum atomic E-state index is -0.255. The molecule has 7 heteroatoms. The van der Waals surface area contributed by atoms with Crippen LogP contribution in [-0.2, 0) is 0 Å². The number of pyridine rings is 2. The maximum Gasteiger partial charge on any atom is 0.259 e. The van der Waals surface area contributed by atoms with Crippen molar-refractivity contribution in [2.45, 2.75) is 19.8 Å². The number of nitrogens with one attached hydrogen (secondary N) is 1. The fourth-order valence-electron chi connectivity index (χ4n) is 3.24. The average Bonchev–Trinajstić information content (AvgIpc) is 2.73. The van der Waals surface area contributed by atoms with Crippen molar-refractivity contribution >= 4 is 34.7 Å². The lowest BCUT2D eigenvalue weighted by molar-refractivity contribution is 0.102. The number of para-hydroxylation sites is 1. The number of rotatable bonds is 4. The first-order valence-corrected chi connectivity index (χ1v) is 9.83. The van der Waals surface area contributed by atoms with Crippen molar-refractivity contribution in [2.24, 2.45) is 0 Å². The summed E-state index contributed by atoms with van der Waals surface area (Å²) in [7, 11) is 0. The third-order valence-electron chi connectivity index (χ3n) is 4.72. The molecule has 0 fully saturated rings. The Morgan fingerprint density at radius 2 is 2.03 bits per heavy atom. The van der Waals surface area contributed by atoms with Crippen LogP contribution in [0.15, 0.2) is 54.9 Å². The van der Waals surface area contributed by atoms with E-state index in [-0.39, 0.29) is 5.91 Å². The molecule has 148 valence electrons. The lowest BCUT2D eigenvalue weighted by Gasteiger charge is -2.31. The summed E-state index contributed by atoms with van der Waals surface area (Å²) in [4.78, 5) is 23.7. The fourth-order valence-corrected chi connectivity index (χ4v) is 3.47. The Balaban J connectivity index is 1.63. The van der Waals surface area contributed by atoms with Gasteiger partial charge in [-0.2, -0.15) is 0 Å². The maximum atomic E-state index is 12.9. The highest BCUT2D eigenvalue weighted by Gasteiger charge is 2.26. The van der Waals surface area contributed by atoms with Gasteiger partial charge in [0, 0.05) is 11.9 Å². The van der Waals surface area contributed by atoms with Crippen LogP contribution >= 0.6 is 11.6 Å². The van der Waals surface area contributed by atoms with Gasteiger partial charge in [0.2, 0.25) is 0 Å². The van der Waals surface area contributed by atoms with Crippen molar-refractivity contribution in [3.8, 4) is 5.75 Å². The highest BCUT2D eigenvalue weighted by Crippen LogP contribution is 2.40. The second-order valence-electron chi connectivity index (χ2n) is 7.04. The summed E-state index contributed by atoms with van der Waals surface area (Å²) in [6.07, 6.45) is 3.37. The smallest absolute Gasteiger partial charge is 0.259 e. The number of carbonyl (C=O) groups is 1. The summed E-state index contributed by atoms with van der Waals surface area (Å²) >= 11 is 6.34. The molecule has 3 aromatic rings. The van der Waals surface area contributed by atoms with Gasteiger partial charge >= 0.3 is 0 Å². The molecule has 1 aromatic carbocycles. The van der Waals surface area contributed by atoms with Gasteiger partial charge in [0.15, 0.2) is 11.6 Å². The SMILES string of the molecule is CC(C)c1ccc(NC(=O)c2cccc3c2OCCN3c2ncccc2Cl)cn1. The van der Waals surface area contributed by atoms with E-state index in [9.17, 15) is 4.79 Å². The highest BCUT2D eigenvalue weighted by atomic mass is 35.5. The molecule has 1 N–H and O–H groups in total. The molecule has 3 heterocycles. The van der Waals surface area contributed by atoms with Gasteiger partial charge in [-0.3, -0.25) is 9.78 Å². The molecule has 1 aliphatic heterocycles. The minimum Gasteiger partial charge on any atom is -0.489 e. The number of hydrogen-bond acceptors (Lipinski definition) is 5. The summed E-state index contributed by atoms with van der Waals surface area (Å²) in [6.45, 7) is 5.17. The Morgan fingerprint density at radius 3 is 2.76 bits per heavy atom. The predicted molar refractivity (Wildman–Crippen MR) is 114 cm³/mol. The van der Waals surface area contributed by atoms with Crippen LogP contribution < -0.4 is 15.0 Å². The van der Waals surface area contributed by atoms with Crippen LogP contribution in [0.25, 0.3) is 0 Å². The van der Waals surface area contributed by atoms with Crippen molar-refractivity contribution in [1.82, 2.24) is 9.97 Å². The zero-order valence-corrected chi connectivity index (χ0v) is 17.0. The molecule has 0 unspecified atom stereocenters. The molecular weight excluding hydrogens is 388 g/mol. The van der Waals surface area contributed by atoms with Crippen LogP contribution in [0, 0.1) is 0 Å². The van der Waals surface area contributed by atoms with E-state index in [1.54, 1.807) is 30.6 Å². The summed E-state index contributed by atoms with van der Waals surface area (Å²) in [5, 5.41) is 3.45. The molecule has 0 aliphatic carbocycles. The topological polar surface area (TPSA) is 67.3 Å². The molecule has 4 rings (SSSR count). The van der Waals surface area contributed by atoms with Gasteiger partial charge in [0.05, 0.1) is 34.7 Å². The Hall–Kier alpha value is -3.12. The first kappa shape index (κ1) is 19.2. The monoisotopic (exact) mass is 408 g/mol. The van der Waals surface area contributed by atoms with E-state index in [4.69, 9.17) is 16.3 Å². The van der Waals surface area contributed by atoms with Crippen LogP contribution in [0.4, 0.5) is 17.2 Å². The maximum absolute atomic E-state index is 12.9. The summed E-state index contributed by atoms with van der Waals surface area (Å²) in [5.41, 5.74) is 2.83. The van der Waals surface area contributed by atoms with Gasteiger partial charge in [-0.15, -0.1) is 0 Å². The third-order valence-corrected chi connectivity index (χ3v) is 5.02. The molecule has 0 atom stereocenters. The van der Waals surface area contributed by atoms with Crippen LogP contribution in [-0.4, -0.2) is 29.0 Å². The van der Waals surface area contributed by atoms with Gasteiger partial charge in [0.25, 0.3) is 5.91 Å². The highest BCUT2D eigenvalue weighted by molar-refractivity contribution is 6.33. The first-order chi connectivity index (χ1) is 14.0. The second kappa shape index (κ2) is 8.09. The summed E-state index contributed by atoms with van der Waals surface area (Å²) < 4.78 is 5.87. The normalized spacial score (nSPS) is 13.0. The number of halogens is 1. The molecule has 6 nitrogen and oxygen atoms in total. The number of ether oxygens (including phenoxy) is 1. The fraction of sp³-hybridized carbons (Fsp3) is 0.227. The third kappa shape index (κ3) is 3.89. The predicted octanol–water partition coefficient (Wildman–Crippen LogP) is 5.04. The Kier molecular flexibility index (Phi) is 5.36. The van der Waals surface area contributed by atoms with Crippen LogP contribution in [0.1, 0.15) is 35.8 Å². The van der Waals surface area contributed by atoms with Gasteiger partial charge < -0.3 is 15.0 Å². The Bertz CT molecular complexity index is 1040. The molecule has 0 saturated heterocycles. The van der Waals surface area contributed by atoms with Crippen molar-refractivity contribution < 1.29 is 9.53 Å². The first-order valence-electron chi connectivity index (χ1n) is 9.46. The van der Waals surface area contributed by atoms with Crippen LogP contribution in [0.5, 0.6) is 5.75 Å². The van der Waals surface area contributed by atoms with E-state index in [0.29, 0.717) is 46.9 Å². The summed E-state index contributed by atoms with van der Waals surface area (Å²) in [6, 6.07) is 12.8. The Labute approximate surface area is 174 Å². The van der Waals surface area contributed by atoms with Gasteiger partial charge in [-0.05, 0) is 42.3 Å². The summed E-state index contributed by atoms with van der Waals surface area (Å²) in [5.74, 6) is 1.24. The standard InChI is InChI=1S/C22H21ClN4O2/c1-14(2)18-9-8-15(13-25-18)26-22(28)16-5-3-7-19-20(16)29-12-11-27(19)21-17(23)6-4-10-24-21/h3-10,13-14H,11-12H2,1-2H3,(H,26,28). The van der Waals surface area contributed by atoms with Crippen molar-refractivity contribution in [2.75, 3.05) is 23.4 Å². The number of fused-ring (bicyclic) bond motifs is 1. The second-order valence-corrected chi connectivity index (χ2v) is 7.45. The average molecular weight is 409 g/mol.